The first-order valence-corrected chi connectivity index (χ1v) is 9.08. The molecular weight excluding hydrogens is 324 g/mol. The molecule has 0 radical (unpaired) electrons. The zero-order valence-corrected chi connectivity index (χ0v) is 14.3. The van der Waals surface area contributed by atoms with Crippen LogP contribution in [-0.4, -0.2) is 33.7 Å². The smallest absolute Gasteiger partial charge is 0.254 e. The SMILES string of the molecule is CS(=O)c1ccc(C(=O)N(CCC(N)=O)Cc2ccccc2)cc1. The van der Waals surface area contributed by atoms with Crippen LogP contribution >= 0.6 is 0 Å². The van der Waals surface area contributed by atoms with Gasteiger partial charge < -0.3 is 10.6 Å². The number of primary amides is 1. The Morgan fingerprint density at radius 1 is 1.04 bits per heavy atom. The van der Waals surface area contributed by atoms with E-state index in [1.165, 1.54) is 0 Å². The van der Waals surface area contributed by atoms with Crippen LogP contribution in [0, 0.1) is 0 Å². The largest absolute Gasteiger partial charge is 0.370 e. The second-order valence-corrected chi connectivity index (χ2v) is 6.79. The molecule has 0 aliphatic carbocycles. The maximum Gasteiger partial charge on any atom is 0.254 e. The molecular formula is C18H20N2O3S. The zero-order chi connectivity index (χ0) is 17.5. The van der Waals surface area contributed by atoms with Crippen molar-refractivity contribution >= 4 is 22.6 Å². The molecule has 2 rings (SSSR count). The van der Waals surface area contributed by atoms with Crippen molar-refractivity contribution in [3.8, 4) is 0 Å². The molecule has 0 saturated heterocycles. The van der Waals surface area contributed by atoms with Crippen LogP contribution in [0.5, 0.6) is 0 Å². The average molecular weight is 344 g/mol. The second-order valence-electron chi connectivity index (χ2n) is 5.41. The van der Waals surface area contributed by atoms with Gasteiger partial charge in [0.1, 0.15) is 0 Å². The molecule has 0 bridgehead atoms. The quantitative estimate of drug-likeness (QED) is 0.833. The van der Waals surface area contributed by atoms with Crippen molar-refractivity contribution in [2.24, 2.45) is 5.73 Å². The van der Waals surface area contributed by atoms with Crippen LogP contribution in [0.25, 0.3) is 0 Å². The summed E-state index contributed by atoms with van der Waals surface area (Å²) in [5.74, 6) is -0.633. The first-order valence-electron chi connectivity index (χ1n) is 7.52. The Labute approximate surface area is 143 Å². The molecule has 0 heterocycles. The number of carbonyl (C=O) groups is 2. The van der Waals surface area contributed by atoms with Crippen LogP contribution < -0.4 is 5.73 Å². The van der Waals surface area contributed by atoms with Crippen LogP contribution in [0.2, 0.25) is 0 Å². The molecule has 2 N–H and O–H groups in total. The van der Waals surface area contributed by atoms with E-state index in [0.29, 0.717) is 17.0 Å². The highest BCUT2D eigenvalue weighted by atomic mass is 32.2. The Hall–Kier alpha value is -2.47. The summed E-state index contributed by atoms with van der Waals surface area (Å²) in [7, 11) is -1.09. The number of amides is 2. The van der Waals surface area contributed by atoms with Crippen LogP contribution in [0.15, 0.2) is 59.5 Å². The van der Waals surface area contributed by atoms with E-state index < -0.39 is 16.7 Å². The number of rotatable bonds is 7. The lowest BCUT2D eigenvalue weighted by Gasteiger charge is -2.22. The normalized spacial score (nSPS) is 11.7. The fraction of sp³-hybridized carbons (Fsp3) is 0.222. The summed E-state index contributed by atoms with van der Waals surface area (Å²) in [6.45, 7) is 0.652. The molecule has 1 atom stereocenters. The number of nitrogens with two attached hydrogens (primary N) is 1. The van der Waals surface area contributed by atoms with Gasteiger partial charge in [-0.1, -0.05) is 30.3 Å². The van der Waals surface area contributed by atoms with E-state index in [2.05, 4.69) is 0 Å². The molecule has 2 aromatic rings. The lowest BCUT2D eigenvalue weighted by atomic mass is 10.1. The van der Waals surface area contributed by atoms with Gasteiger partial charge in [-0.05, 0) is 29.8 Å². The Kier molecular flexibility index (Phi) is 6.26. The summed E-state index contributed by atoms with van der Waals surface area (Å²) in [5, 5.41) is 0. The summed E-state index contributed by atoms with van der Waals surface area (Å²) in [6, 6.07) is 16.2. The van der Waals surface area contributed by atoms with Crippen LogP contribution in [0.3, 0.4) is 0 Å². The first kappa shape index (κ1) is 17.9. The molecule has 0 fully saturated rings. The minimum absolute atomic E-state index is 0.107. The van der Waals surface area contributed by atoms with E-state index >= 15 is 0 Å². The van der Waals surface area contributed by atoms with Crippen molar-refractivity contribution in [1.82, 2.24) is 4.90 Å². The number of benzene rings is 2. The molecule has 1 unspecified atom stereocenters. The number of carbonyl (C=O) groups excluding carboxylic acids is 2. The third-order valence-corrected chi connectivity index (χ3v) is 4.50. The van der Waals surface area contributed by atoms with Gasteiger partial charge in [-0.25, -0.2) is 0 Å². The highest BCUT2D eigenvalue weighted by Crippen LogP contribution is 2.13. The van der Waals surface area contributed by atoms with Gasteiger partial charge in [-0.15, -0.1) is 0 Å². The number of nitrogens with zero attached hydrogens (tertiary/aromatic N) is 1. The van der Waals surface area contributed by atoms with Crippen LogP contribution in [-0.2, 0) is 22.1 Å². The fourth-order valence-electron chi connectivity index (χ4n) is 2.27. The minimum atomic E-state index is -1.09. The summed E-state index contributed by atoms with van der Waals surface area (Å²) in [6.07, 6.45) is 1.70. The third-order valence-electron chi connectivity index (χ3n) is 3.56. The highest BCUT2D eigenvalue weighted by molar-refractivity contribution is 7.84. The molecule has 2 amide bonds. The molecule has 0 aliphatic heterocycles. The Bertz CT molecular complexity index is 730. The summed E-state index contributed by atoms with van der Waals surface area (Å²) >= 11 is 0. The lowest BCUT2D eigenvalue weighted by molar-refractivity contribution is -0.118. The van der Waals surface area contributed by atoms with Crippen molar-refractivity contribution in [2.75, 3.05) is 12.8 Å². The topological polar surface area (TPSA) is 80.5 Å². The molecule has 0 aromatic heterocycles. The molecule has 0 spiro atoms. The lowest BCUT2D eigenvalue weighted by Crippen LogP contribution is -2.33. The van der Waals surface area contributed by atoms with E-state index in [1.54, 1.807) is 35.4 Å². The molecule has 0 aliphatic rings. The summed E-state index contributed by atoms with van der Waals surface area (Å²) in [5.41, 5.74) is 6.68. The van der Waals surface area contributed by atoms with Crippen molar-refractivity contribution in [3.63, 3.8) is 0 Å². The van der Waals surface area contributed by atoms with Gasteiger partial charge in [0.05, 0.1) is 0 Å². The van der Waals surface area contributed by atoms with Crippen LogP contribution in [0.1, 0.15) is 22.3 Å². The molecule has 0 saturated carbocycles. The predicted octanol–water partition coefficient (Wildman–Crippen LogP) is 1.94. The van der Waals surface area contributed by atoms with Gasteiger partial charge in [0.15, 0.2) is 0 Å². The van der Waals surface area contributed by atoms with Gasteiger partial charge in [-0.3, -0.25) is 13.8 Å². The van der Waals surface area contributed by atoms with Gasteiger partial charge in [0, 0.05) is 47.0 Å². The summed E-state index contributed by atoms with van der Waals surface area (Å²) < 4.78 is 11.4. The van der Waals surface area contributed by atoms with Gasteiger partial charge in [0.25, 0.3) is 5.91 Å². The van der Waals surface area contributed by atoms with Crippen LogP contribution in [0.4, 0.5) is 0 Å². The third kappa shape index (κ3) is 5.03. The van der Waals surface area contributed by atoms with E-state index in [9.17, 15) is 13.8 Å². The van der Waals surface area contributed by atoms with E-state index in [0.717, 1.165) is 5.56 Å². The first-order chi connectivity index (χ1) is 11.5. The maximum absolute atomic E-state index is 12.7. The van der Waals surface area contributed by atoms with Crippen molar-refractivity contribution in [1.29, 1.82) is 0 Å². The molecule has 2 aromatic carbocycles. The molecule has 126 valence electrons. The monoisotopic (exact) mass is 344 g/mol. The minimum Gasteiger partial charge on any atom is -0.370 e. The van der Waals surface area contributed by atoms with Gasteiger partial charge >= 0.3 is 0 Å². The zero-order valence-electron chi connectivity index (χ0n) is 13.5. The van der Waals surface area contributed by atoms with Crippen molar-refractivity contribution in [3.05, 3.63) is 65.7 Å². The summed E-state index contributed by atoms with van der Waals surface area (Å²) in [4.78, 5) is 26.1. The Morgan fingerprint density at radius 3 is 2.21 bits per heavy atom. The second kappa shape index (κ2) is 8.40. The predicted molar refractivity (Wildman–Crippen MR) is 93.8 cm³/mol. The van der Waals surface area contributed by atoms with Gasteiger partial charge in [-0.2, -0.15) is 0 Å². The average Bonchev–Trinajstić information content (AvgIpc) is 2.58. The Morgan fingerprint density at radius 2 is 1.67 bits per heavy atom. The van der Waals surface area contributed by atoms with Crippen molar-refractivity contribution in [2.45, 2.75) is 17.9 Å². The highest BCUT2D eigenvalue weighted by Gasteiger charge is 2.17. The number of hydrogen-bond acceptors (Lipinski definition) is 3. The van der Waals surface area contributed by atoms with Gasteiger partial charge in [0.2, 0.25) is 5.91 Å². The maximum atomic E-state index is 12.7. The molecule has 24 heavy (non-hydrogen) atoms. The van der Waals surface area contributed by atoms with E-state index in [1.807, 2.05) is 30.3 Å². The fourth-order valence-corrected chi connectivity index (χ4v) is 2.79. The van der Waals surface area contributed by atoms with E-state index in [4.69, 9.17) is 5.73 Å². The standard InChI is InChI=1S/C18H20N2O3S/c1-24(23)16-9-7-15(8-10-16)18(22)20(12-11-17(19)21)13-14-5-3-2-4-6-14/h2-10H,11-13H2,1H3,(H2,19,21). The number of hydrogen-bond donors (Lipinski definition) is 1. The molecule has 6 heteroatoms. The van der Waals surface area contributed by atoms with Crippen molar-refractivity contribution < 1.29 is 13.8 Å². The molecule has 5 nitrogen and oxygen atoms in total. The van der Waals surface area contributed by atoms with E-state index in [-0.39, 0.29) is 18.9 Å². The Balaban J connectivity index is 2.19.